The van der Waals surface area contributed by atoms with Crippen LogP contribution in [-0.4, -0.2) is 17.5 Å². The Labute approximate surface area is 133 Å². The molecule has 0 radical (unpaired) electrons. The number of benzene rings is 2. The van der Waals surface area contributed by atoms with Crippen LogP contribution in [-0.2, 0) is 9.53 Å². The summed E-state index contributed by atoms with van der Waals surface area (Å²) in [6.07, 6.45) is 0. The minimum Gasteiger partial charge on any atom is -0.421 e. The van der Waals surface area contributed by atoms with Crippen molar-refractivity contribution < 1.29 is 19.1 Å². The van der Waals surface area contributed by atoms with E-state index in [9.17, 15) is 14.4 Å². The van der Waals surface area contributed by atoms with Gasteiger partial charge in [-0.1, -0.05) is 42.5 Å². The maximum atomic E-state index is 12.2. The molecule has 0 N–H and O–H groups in total. The van der Waals surface area contributed by atoms with Crippen molar-refractivity contribution in [3.63, 3.8) is 0 Å². The van der Waals surface area contributed by atoms with Crippen LogP contribution in [0, 0.1) is 0 Å². The third-order valence-electron chi connectivity index (χ3n) is 3.75. The molecule has 2 aromatic rings. The molecule has 0 fully saturated rings. The van der Waals surface area contributed by atoms with Crippen LogP contribution in [0.2, 0.25) is 0 Å². The number of cyclic esters (lactones) is 1. The van der Waals surface area contributed by atoms with E-state index in [0.29, 0.717) is 27.8 Å². The van der Waals surface area contributed by atoms with Crippen molar-refractivity contribution in [2.45, 2.75) is 13.8 Å². The maximum Gasteiger partial charge on any atom is 0.344 e. The lowest BCUT2D eigenvalue weighted by atomic mass is 9.96. The van der Waals surface area contributed by atoms with Crippen molar-refractivity contribution in [2.75, 3.05) is 0 Å². The van der Waals surface area contributed by atoms with E-state index < -0.39 is 5.97 Å². The summed E-state index contributed by atoms with van der Waals surface area (Å²) in [6, 6.07) is 13.7. The zero-order valence-electron chi connectivity index (χ0n) is 12.8. The number of Topliss-reactive ketones (excluding diaryl/α,β-unsaturated/α-hetero) is 2. The molecule has 2 aromatic carbocycles. The number of hydrogen-bond donors (Lipinski definition) is 0. The molecule has 23 heavy (non-hydrogen) atoms. The van der Waals surface area contributed by atoms with E-state index in [1.165, 1.54) is 13.8 Å². The van der Waals surface area contributed by atoms with E-state index in [4.69, 9.17) is 4.74 Å². The van der Waals surface area contributed by atoms with Gasteiger partial charge in [-0.2, -0.15) is 0 Å². The highest BCUT2D eigenvalue weighted by Gasteiger charge is 2.30. The van der Waals surface area contributed by atoms with Crippen molar-refractivity contribution in [3.05, 3.63) is 70.8 Å². The minimum atomic E-state index is -0.463. The second-order valence-corrected chi connectivity index (χ2v) is 5.33. The fraction of sp³-hybridized carbons (Fsp3) is 0.105. The number of esters is 1. The summed E-state index contributed by atoms with van der Waals surface area (Å²) in [7, 11) is 0. The number of ether oxygens (including phenoxy) is 1. The summed E-state index contributed by atoms with van der Waals surface area (Å²) in [4.78, 5) is 35.5. The average molecular weight is 306 g/mol. The standard InChI is InChI=1S/C19H14O4/c1-11(20)13-7-9-14(10-8-13)17(12(2)21)18-15-5-3-4-6-16(15)19(22)23-18/h3-10H,1-2H3. The Balaban J connectivity index is 2.19. The summed E-state index contributed by atoms with van der Waals surface area (Å²) in [6.45, 7) is 2.91. The Morgan fingerprint density at radius 1 is 0.826 bits per heavy atom. The SMILES string of the molecule is CC(=O)C(=C1OC(=O)c2ccccc21)c1ccc(C(C)=O)cc1. The molecule has 114 valence electrons. The predicted molar refractivity (Wildman–Crippen MR) is 85.8 cm³/mol. The van der Waals surface area contributed by atoms with Crippen molar-refractivity contribution >= 4 is 28.9 Å². The Morgan fingerprint density at radius 3 is 1.96 bits per heavy atom. The zero-order valence-corrected chi connectivity index (χ0v) is 12.8. The van der Waals surface area contributed by atoms with Gasteiger partial charge in [0, 0.05) is 11.1 Å². The highest BCUT2D eigenvalue weighted by atomic mass is 16.5. The summed E-state index contributed by atoms with van der Waals surface area (Å²) >= 11 is 0. The van der Waals surface area contributed by atoms with Gasteiger partial charge >= 0.3 is 5.97 Å². The van der Waals surface area contributed by atoms with Gasteiger partial charge in [0.1, 0.15) is 0 Å². The lowest BCUT2D eigenvalue weighted by Crippen LogP contribution is -2.02. The van der Waals surface area contributed by atoms with E-state index in [1.54, 1.807) is 48.5 Å². The van der Waals surface area contributed by atoms with Gasteiger partial charge in [-0.05, 0) is 25.5 Å². The molecular formula is C19H14O4. The lowest BCUT2D eigenvalue weighted by Gasteiger charge is -2.09. The van der Waals surface area contributed by atoms with Crippen LogP contribution in [0.4, 0.5) is 0 Å². The van der Waals surface area contributed by atoms with Gasteiger partial charge < -0.3 is 4.74 Å². The monoisotopic (exact) mass is 306 g/mol. The topological polar surface area (TPSA) is 60.4 Å². The minimum absolute atomic E-state index is 0.0498. The van der Waals surface area contributed by atoms with E-state index in [1.807, 2.05) is 0 Å². The lowest BCUT2D eigenvalue weighted by molar-refractivity contribution is -0.111. The second kappa shape index (κ2) is 5.65. The van der Waals surface area contributed by atoms with Crippen LogP contribution in [0.25, 0.3) is 11.3 Å². The average Bonchev–Trinajstić information content (AvgIpc) is 2.85. The van der Waals surface area contributed by atoms with Crippen molar-refractivity contribution in [1.29, 1.82) is 0 Å². The number of fused-ring (bicyclic) bond motifs is 1. The molecule has 0 spiro atoms. The molecule has 3 rings (SSSR count). The van der Waals surface area contributed by atoms with Gasteiger partial charge in [0.25, 0.3) is 0 Å². The zero-order chi connectivity index (χ0) is 16.6. The third-order valence-corrected chi connectivity index (χ3v) is 3.75. The molecule has 0 atom stereocenters. The molecule has 1 heterocycles. The molecule has 0 amide bonds. The molecular weight excluding hydrogens is 292 g/mol. The van der Waals surface area contributed by atoms with Crippen LogP contribution < -0.4 is 0 Å². The van der Waals surface area contributed by atoms with Crippen LogP contribution in [0.1, 0.15) is 45.7 Å². The number of ketones is 2. The van der Waals surface area contributed by atoms with Crippen molar-refractivity contribution in [1.82, 2.24) is 0 Å². The van der Waals surface area contributed by atoms with Gasteiger partial charge in [-0.25, -0.2) is 4.79 Å². The summed E-state index contributed by atoms with van der Waals surface area (Å²) in [5.74, 6) is -0.449. The van der Waals surface area contributed by atoms with Gasteiger partial charge in [-0.15, -0.1) is 0 Å². The quantitative estimate of drug-likeness (QED) is 0.494. The van der Waals surface area contributed by atoms with E-state index in [-0.39, 0.29) is 17.3 Å². The largest absolute Gasteiger partial charge is 0.421 e. The summed E-state index contributed by atoms with van der Waals surface area (Å²) in [5.41, 5.74) is 2.56. The normalized spacial score (nSPS) is 15.0. The third kappa shape index (κ3) is 2.59. The molecule has 0 aromatic heterocycles. The molecule has 0 saturated carbocycles. The van der Waals surface area contributed by atoms with E-state index >= 15 is 0 Å². The smallest absolute Gasteiger partial charge is 0.344 e. The fourth-order valence-electron chi connectivity index (χ4n) is 2.61. The fourth-order valence-corrected chi connectivity index (χ4v) is 2.61. The van der Waals surface area contributed by atoms with Gasteiger partial charge in [0.2, 0.25) is 0 Å². The molecule has 0 aliphatic carbocycles. The van der Waals surface area contributed by atoms with Crippen LogP contribution in [0.15, 0.2) is 48.5 Å². The number of allylic oxidation sites excluding steroid dienone is 1. The molecule has 0 bridgehead atoms. The first-order chi connectivity index (χ1) is 11.0. The first-order valence-corrected chi connectivity index (χ1v) is 7.17. The Hall–Kier alpha value is -3.01. The molecule has 0 unspecified atom stereocenters. The Kier molecular flexibility index (Phi) is 3.66. The van der Waals surface area contributed by atoms with Crippen LogP contribution in [0.3, 0.4) is 0 Å². The van der Waals surface area contributed by atoms with Gasteiger partial charge in [0.15, 0.2) is 17.3 Å². The van der Waals surface area contributed by atoms with Gasteiger partial charge in [0.05, 0.1) is 11.1 Å². The van der Waals surface area contributed by atoms with E-state index in [2.05, 4.69) is 0 Å². The van der Waals surface area contributed by atoms with Gasteiger partial charge in [-0.3, -0.25) is 9.59 Å². The molecule has 1 aliphatic heterocycles. The number of rotatable bonds is 3. The first-order valence-electron chi connectivity index (χ1n) is 7.17. The predicted octanol–water partition coefficient (Wildman–Crippen LogP) is 3.52. The highest BCUT2D eigenvalue weighted by Crippen LogP contribution is 2.36. The van der Waals surface area contributed by atoms with Crippen molar-refractivity contribution in [2.24, 2.45) is 0 Å². The molecule has 1 aliphatic rings. The Bertz CT molecular complexity index is 857. The first kappa shape index (κ1) is 14.9. The molecule has 4 nitrogen and oxygen atoms in total. The van der Waals surface area contributed by atoms with Crippen molar-refractivity contribution in [3.8, 4) is 0 Å². The molecule has 4 heteroatoms. The Morgan fingerprint density at radius 2 is 1.39 bits per heavy atom. The second-order valence-electron chi connectivity index (χ2n) is 5.33. The van der Waals surface area contributed by atoms with E-state index in [0.717, 1.165) is 0 Å². The summed E-state index contributed by atoms with van der Waals surface area (Å²) in [5, 5.41) is 0. The molecule has 0 saturated heterocycles. The number of carbonyl (C=O) groups excluding carboxylic acids is 3. The van der Waals surface area contributed by atoms with Crippen LogP contribution in [0.5, 0.6) is 0 Å². The summed E-state index contributed by atoms with van der Waals surface area (Å²) < 4.78 is 5.34. The number of hydrogen-bond acceptors (Lipinski definition) is 4. The van der Waals surface area contributed by atoms with Crippen LogP contribution >= 0.6 is 0 Å². The number of carbonyl (C=O) groups is 3. The maximum absolute atomic E-state index is 12.2. The highest BCUT2D eigenvalue weighted by molar-refractivity contribution is 6.28.